The monoisotopic (exact) mass is 367 g/mol. The highest BCUT2D eigenvalue weighted by Gasteiger charge is 2.12. The fourth-order valence-corrected chi connectivity index (χ4v) is 2.01. The summed E-state index contributed by atoms with van der Waals surface area (Å²) in [6.07, 6.45) is 2.83. The Balaban J connectivity index is 2.00. The highest BCUT2D eigenvalue weighted by atomic mass is 35.5. The molecular weight excluding hydrogens is 352 g/mol. The van der Waals surface area contributed by atoms with Crippen LogP contribution in [0.15, 0.2) is 47.6 Å². The summed E-state index contributed by atoms with van der Waals surface area (Å²) >= 11 is 5.71. The van der Waals surface area contributed by atoms with E-state index in [0.717, 1.165) is 12.0 Å². The Kier molecular flexibility index (Phi) is 6.76. The summed E-state index contributed by atoms with van der Waals surface area (Å²) in [7, 11) is 0. The second kappa shape index (κ2) is 9.03. The molecule has 0 amide bonds. The number of hydrogen-bond acceptors (Lipinski definition) is 6. The molecule has 0 atom stereocenters. The van der Waals surface area contributed by atoms with Gasteiger partial charge < -0.3 is 10.1 Å². The number of hydrogen-bond donors (Lipinski definition) is 2. The molecule has 1 aromatic carbocycles. The molecule has 0 fully saturated rings. The van der Waals surface area contributed by atoms with E-state index in [2.05, 4.69) is 20.4 Å². The van der Waals surface area contributed by atoms with E-state index in [1.54, 1.807) is 18.5 Å². The van der Waals surface area contributed by atoms with Crippen LogP contribution in [0.2, 0.25) is 5.02 Å². The lowest BCUT2D eigenvalue weighted by molar-refractivity contribution is 0.151. The molecule has 1 aromatic heterocycles. The Labute approximate surface area is 148 Å². The van der Waals surface area contributed by atoms with Crippen LogP contribution in [0.1, 0.15) is 24.5 Å². The molecule has 1 heterocycles. The molecule has 0 unspecified atom stereocenters. The molecule has 0 bridgehead atoms. The number of nitrogens with zero attached hydrogens (tertiary/aromatic N) is 3. The molecule has 0 radical (unpaired) electrons. The van der Waals surface area contributed by atoms with Gasteiger partial charge in [-0.3, -0.25) is 0 Å². The molecular formula is C16H16ClF2N5O. The van der Waals surface area contributed by atoms with Gasteiger partial charge in [0.1, 0.15) is 12.3 Å². The minimum atomic E-state index is -2.68. The van der Waals surface area contributed by atoms with Crippen LogP contribution in [0.3, 0.4) is 0 Å². The summed E-state index contributed by atoms with van der Waals surface area (Å²) in [5.74, 6) is 0. The lowest BCUT2D eigenvalue weighted by atomic mass is 10.2. The summed E-state index contributed by atoms with van der Waals surface area (Å²) in [4.78, 5) is 8.07. The second-order valence-electron chi connectivity index (χ2n) is 4.94. The van der Waals surface area contributed by atoms with E-state index in [9.17, 15) is 8.78 Å². The molecule has 2 rings (SSSR count). The minimum Gasteiger partial charge on any atom is -0.457 e. The Morgan fingerprint density at radius 3 is 2.72 bits per heavy atom. The molecule has 132 valence electrons. The number of aryl methyl sites for hydroxylation is 1. The van der Waals surface area contributed by atoms with Gasteiger partial charge >= 0.3 is 6.01 Å². The summed E-state index contributed by atoms with van der Waals surface area (Å²) in [5.41, 5.74) is 8.49. The predicted octanol–water partition coefficient (Wildman–Crippen LogP) is 4.99. The Bertz CT molecular complexity index is 753. The summed E-state index contributed by atoms with van der Waals surface area (Å²) in [6, 6.07) is 4.31. The number of ether oxygens (including phenoxy) is 1. The summed E-state index contributed by atoms with van der Waals surface area (Å²) in [6.45, 7) is 1.94. The Morgan fingerprint density at radius 2 is 2.12 bits per heavy atom. The van der Waals surface area contributed by atoms with Crippen molar-refractivity contribution in [2.75, 3.05) is 11.9 Å². The van der Waals surface area contributed by atoms with Crippen molar-refractivity contribution in [3.8, 4) is 6.01 Å². The summed E-state index contributed by atoms with van der Waals surface area (Å²) in [5, 5.41) is 6.10. The third kappa shape index (κ3) is 5.46. The average molecular weight is 368 g/mol. The van der Waals surface area contributed by atoms with Gasteiger partial charge in [-0.1, -0.05) is 18.5 Å². The molecule has 9 heteroatoms. The topological polar surface area (TPSA) is 83.2 Å². The quantitative estimate of drug-likeness (QED) is 0.643. The van der Waals surface area contributed by atoms with Crippen LogP contribution >= 0.6 is 11.6 Å². The van der Waals surface area contributed by atoms with Gasteiger partial charge in [0.15, 0.2) is 0 Å². The summed E-state index contributed by atoms with van der Waals surface area (Å²) < 4.78 is 31.0. The third-order valence-electron chi connectivity index (χ3n) is 3.22. The van der Waals surface area contributed by atoms with Crippen molar-refractivity contribution in [1.29, 1.82) is 5.53 Å². The Hall–Kier alpha value is -2.61. The van der Waals surface area contributed by atoms with Gasteiger partial charge in [0.05, 0.1) is 0 Å². The highest BCUT2D eigenvalue weighted by molar-refractivity contribution is 6.31. The zero-order valence-corrected chi connectivity index (χ0v) is 14.1. The molecule has 0 aliphatic rings. The molecule has 2 N–H and O–H groups in total. The Morgan fingerprint density at radius 1 is 1.40 bits per heavy atom. The van der Waals surface area contributed by atoms with Crippen molar-refractivity contribution in [2.24, 2.45) is 5.11 Å². The first kappa shape index (κ1) is 18.7. The number of alkyl halides is 2. The number of nitrogens with one attached hydrogen (secondary N) is 2. The van der Waals surface area contributed by atoms with Crippen molar-refractivity contribution in [3.05, 3.63) is 58.6 Å². The maximum atomic E-state index is 12.8. The van der Waals surface area contributed by atoms with Gasteiger partial charge in [0.25, 0.3) is 6.43 Å². The molecule has 0 aliphatic carbocycles. The fraction of sp³-hybridized carbons (Fsp3) is 0.250. The number of aromatic nitrogens is 2. The second-order valence-corrected chi connectivity index (χ2v) is 5.35. The smallest absolute Gasteiger partial charge is 0.316 e. The largest absolute Gasteiger partial charge is 0.457 e. The van der Waals surface area contributed by atoms with E-state index in [0.29, 0.717) is 5.69 Å². The van der Waals surface area contributed by atoms with Gasteiger partial charge in [-0.15, -0.1) is 0 Å². The SMILES string of the molecule is CCc1cnc(OC/C(=C/Nc2ccc(Cl)c(C(F)F)c2)N=N)nc1. The minimum absolute atomic E-state index is 0.00839. The van der Waals surface area contributed by atoms with E-state index in [1.165, 1.54) is 18.3 Å². The maximum Gasteiger partial charge on any atom is 0.316 e. The fourth-order valence-electron chi connectivity index (χ4n) is 1.81. The van der Waals surface area contributed by atoms with Crippen LogP contribution < -0.4 is 10.1 Å². The average Bonchev–Trinajstić information content (AvgIpc) is 2.63. The molecule has 25 heavy (non-hydrogen) atoms. The number of rotatable bonds is 8. The molecule has 2 aromatic rings. The maximum absolute atomic E-state index is 12.8. The lowest BCUT2D eigenvalue weighted by Crippen LogP contribution is -2.04. The lowest BCUT2D eigenvalue weighted by Gasteiger charge is -2.08. The van der Waals surface area contributed by atoms with E-state index in [4.69, 9.17) is 21.9 Å². The predicted molar refractivity (Wildman–Crippen MR) is 90.2 cm³/mol. The number of anilines is 1. The van der Waals surface area contributed by atoms with Gasteiger partial charge in [0, 0.05) is 34.9 Å². The van der Waals surface area contributed by atoms with Crippen LogP contribution in [-0.2, 0) is 6.42 Å². The van der Waals surface area contributed by atoms with E-state index >= 15 is 0 Å². The number of benzene rings is 1. The molecule has 6 nitrogen and oxygen atoms in total. The normalized spacial score (nSPS) is 11.5. The van der Waals surface area contributed by atoms with E-state index in [-0.39, 0.29) is 28.9 Å². The van der Waals surface area contributed by atoms with Crippen molar-refractivity contribution in [2.45, 2.75) is 19.8 Å². The first-order chi connectivity index (χ1) is 12.0. The zero-order valence-electron chi connectivity index (χ0n) is 13.3. The first-order valence-electron chi connectivity index (χ1n) is 7.37. The highest BCUT2D eigenvalue weighted by Crippen LogP contribution is 2.29. The third-order valence-corrected chi connectivity index (χ3v) is 3.56. The standard InChI is InChI=1S/C16H16ClF2N5O/c1-2-10-6-22-16(23-7-10)25-9-12(24-20)8-21-11-3-4-14(17)13(5-11)15(18)19/h3-8,15,20-21H,2,9H2,1H3/b12-8-,24-20?. The van der Waals surface area contributed by atoms with Crippen LogP contribution in [0, 0.1) is 5.53 Å². The molecule has 0 saturated carbocycles. The van der Waals surface area contributed by atoms with Crippen molar-refractivity contribution in [1.82, 2.24) is 9.97 Å². The van der Waals surface area contributed by atoms with Crippen LogP contribution in [0.25, 0.3) is 0 Å². The van der Waals surface area contributed by atoms with Crippen molar-refractivity contribution in [3.63, 3.8) is 0 Å². The van der Waals surface area contributed by atoms with Crippen molar-refractivity contribution < 1.29 is 13.5 Å². The van der Waals surface area contributed by atoms with Gasteiger partial charge in [-0.05, 0) is 30.2 Å². The van der Waals surface area contributed by atoms with E-state index < -0.39 is 6.43 Å². The van der Waals surface area contributed by atoms with Gasteiger partial charge in [-0.2, -0.15) is 5.11 Å². The van der Waals surface area contributed by atoms with Crippen LogP contribution in [-0.4, -0.2) is 16.6 Å². The van der Waals surface area contributed by atoms with Gasteiger partial charge in [-0.25, -0.2) is 24.3 Å². The van der Waals surface area contributed by atoms with Crippen molar-refractivity contribution >= 4 is 17.3 Å². The molecule has 0 aliphatic heterocycles. The van der Waals surface area contributed by atoms with Crippen LogP contribution in [0.5, 0.6) is 6.01 Å². The van der Waals surface area contributed by atoms with E-state index in [1.807, 2.05) is 6.92 Å². The number of halogens is 3. The zero-order chi connectivity index (χ0) is 18.2. The van der Waals surface area contributed by atoms with Crippen LogP contribution in [0.4, 0.5) is 14.5 Å². The van der Waals surface area contributed by atoms with Gasteiger partial charge in [0.2, 0.25) is 0 Å². The molecule has 0 spiro atoms. The first-order valence-corrected chi connectivity index (χ1v) is 7.75. The molecule has 0 saturated heterocycles.